The van der Waals surface area contributed by atoms with Crippen molar-refractivity contribution in [2.24, 2.45) is 5.92 Å². The lowest BCUT2D eigenvalue weighted by Gasteiger charge is -2.06. The molecule has 0 amide bonds. The van der Waals surface area contributed by atoms with Gasteiger partial charge in [-0.3, -0.25) is 4.68 Å². The molecule has 1 rings (SSSR count). The van der Waals surface area contributed by atoms with Crippen molar-refractivity contribution < 1.29 is 5.11 Å². The summed E-state index contributed by atoms with van der Waals surface area (Å²) >= 11 is 6.04. The number of nitrogens with zero attached hydrogens (tertiary/aromatic N) is 2. The lowest BCUT2D eigenvalue weighted by molar-refractivity contribution is 0.299. The molecule has 0 saturated carbocycles. The van der Waals surface area contributed by atoms with E-state index in [2.05, 4.69) is 18.9 Å². The minimum atomic E-state index is 0.118. The average molecular weight is 203 g/mol. The summed E-state index contributed by atoms with van der Waals surface area (Å²) in [7, 11) is 0. The third-order valence-corrected chi connectivity index (χ3v) is 2.20. The fraction of sp³-hybridized carbons (Fsp3) is 0.667. The fourth-order valence-corrected chi connectivity index (χ4v) is 1.43. The van der Waals surface area contributed by atoms with Crippen molar-refractivity contribution in [3.8, 4) is 0 Å². The first-order valence-corrected chi connectivity index (χ1v) is 4.84. The zero-order chi connectivity index (χ0) is 9.84. The van der Waals surface area contributed by atoms with Gasteiger partial charge < -0.3 is 5.11 Å². The van der Waals surface area contributed by atoms with Crippen LogP contribution in [0, 0.1) is 5.92 Å². The van der Waals surface area contributed by atoms with Crippen LogP contribution >= 0.6 is 11.6 Å². The molecule has 1 heterocycles. The van der Waals surface area contributed by atoms with Crippen molar-refractivity contribution in [3.63, 3.8) is 0 Å². The summed E-state index contributed by atoms with van der Waals surface area (Å²) in [6.07, 6.45) is 2.30. The van der Waals surface area contributed by atoms with Crippen LogP contribution in [0.25, 0.3) is 0 Å². The molecule has 0 aliphatic carbocycles. The van der Waals surface area contributed by atoms with Crippen molar-refractivity contribution in [1.29, 1.82) is 0 Å². The van der Waals surface area contributed by atoms with Crippen molar-refractivity contribution in [2.75, 3.05) is 6.61 Å². The molecule has 0 bridgehead atoms. The van der Waals surface area contributed by atoms with E-state index in [1.54, 1.807) is 10.9 Å². The first-order chi connectivity index (χ1) is 6.15. The molecule has 3 nitrogen and oxygen atoms in total. The van der Waals surface area contributed by atoms with Crippen LogP contribution in [0.5, 0.6) is 0 Å². The van der Waals surface area contributed by atoms with Crippen molar-refractivity contribution in [1.82, 2.24) is 9.78 Å². The summed E-state index contributed by atoms with van der Waals surface area (Å²) in [5.74, 6) is 0.527. The van der Waals surface area contributed by atoms with Crippen molar-refractivity contribution >= 4 is 11.6 Å². The number of rotatable bonds is 4. The molecule has 0 aliphatic heterocycles. The highest BCUT2D eigenvalue weighted by atomic mass is 35.5. The lowest BCUT2D eigenvalue weighted by Crippen LogP contribution is -2.06. The predicted molar refractivity (Wildman–Crippen MR) is 52.9 cm³/mol. The van der Waals surface area contributed by atoms with Gasteiger partial charge in [0, 0.05) is 25.1 Å². The minimum absolute atomic E-state index is 0.118. The summed E-state index contributed by atoms with van der Waals surface area (Å²) in [4.78, 5) is 0. The van der Waals surface area contributed by atoms with Crippen LogP contribution < -0.4 is 0 Å². The zero-order valence-corrected chi connectivity index (χ0v) is 8.75. The van der Waals surface area contributed by atoms with Crippen molar-refractivity contribution in [2.45, 2.75) is 26.8 Å². The van der Waals surface area contributed by atoms with Gasteiger partial charge in [-0.1, -0.05) is 25.4 Å². The van der Waals surface area contributed by atoms with E-state index in [1.807, 2.05) is 0 Å². The number of aliphatic hydroxyl groups excluding tert-OH is 1. The Morgan fingerprint density at radius 3 is 2.85 bits per heavy atom. The number of hydrogen-bond donors (Lipinski definition) is 1. The zero-order valence-electron chi connectivity index (χ0n) is 8.00. The number of aromatic nitrogens is 2. The Morgan fingerprint density at radius 2 is 2.31 bits per heavy atom. The summed E-state index contributed by atoms with van der Waals surface area (Å²) in [5, 5.41) is 13.5. The van der Waals surface area contributed by atoms with E-state index < -0.39 is 0 Å². The first-order valence-electron chi connectivity index (χ1n) is 4.46. The van der Waals surface area contributed by atoms with E-state index in [9.17, 15) is 0 Å². The lowest BCUT2D eigenvalue weighted by atomic mass is 10.2. The molecule has 4 heteroatoms. The second kappa shape index (κ2) is 4.63. The molecular formula is C9H15ClN2O. The van der Waals surface area contributed by atoms with Gasteiger partial charge in [0.15, 0.2) is 0 Å². The smallest absolute Gasteiger partial charge is 0.130 e. The molecule has 0 spiro atoms. The minimum Gasteiger partial charge on any atom is -0.396 e. The van der Waals surface area contributed by atoms with Gasteiger partial charge in [-0.25, -0.2) is 0 Å². The third kappa shape index (κ3) is 2.71. The Hall–Kier alpha value is -0.540. The van der Waals surface area contributed by atoms with Gasteiger partial charge in [-0.15, -0.1) is 0 Å². The van der Waals surface area contributed by atoms with Crippen LogP contribution in [0.3, 0.4) is 0 Å². The predicted octanol–water partition coefficient (Wildman–Crippen LogP) is 1.73. The molecule has 0 aliphatic rings. The summed E-state index contributed by atoms with van der Waals surface area (Å²) in [5.41, 5.74) is 0.921. The Kier molecular flexibility index (Phi) is 3.75. The number of aliphatic hydroxyl groups is 1. The molecule has 0 fully saturated rings. The van der Waals surface area contributed by atoms with Gasteiger partial charge in [-0.2, -0.15) is 5.10 Å². The maximum absolute atomic E-state index is 8.74. The van der Waals surface area contributed by atoms with Gasteiger partial charge in [0.05, 0.1) is 6.20 Å². The average Bonchev–Trinajstić information content (AvgIpc) is 2.36. The molecule has 13 heavy (non-hydrogen) atoms. The van der Waals surface area contributed by atoms with E-state index in [4.69, 9.17) is 16.7 Å². The number of hydrogen-bond acceptors (Lipinski definition) is 2. The molecule has 1 aromatic rings. The quantitative estimate of drug-likeness (QED) is 0.808. The van der Waals surface area contributed by atoms with Gasteiger partial charge in [0.1, 0.15) is 5.15 Å². The van der Waals surface area contributed by atoms with Crippen LogP contribution in [0.15, 0.2) is 6.20 Å². The summed E-state index contributed by atoms with van der Waals surface area (Å²) < 4.78 is 1.78. The summed E-state index contributed by atoms with van der Waals surface area (Å²) in [6, 6.07) is 0. The third-order valence-electron chi connectivity index (χ3n) is 1.76. The highest BCUT2D eigenvalue weighted by Crippen LogP contribution is 2.16. The van der Waals surface area contributed by atoms with Gasteiger partial charge in [0.2, 0.25) is 0 Å². The second-order valence-electron chi connectivity index (χ2n) is 3.51. The molecule has 0 aromatic carbocycles. The highest BCUT2D eigenvalue weighted by molar-refractivity contribution is 6.30. The monoisotopic (exact) mass is 202 g/mol. The molecule has 1 aromatic heterocycles. The fourth-order valence-electron chi connectivity index (χ4n) is 1.17. The maximum Gasteiger partial charge on any atom is 0.130 e. The van der Waals surface area contributed by atoms with E-state index in [0.29, 0.717) is 17.5 Å². The van der Waals surface area contributed by atoms with Crippen molar-refractivity contribution in [3.05, 3.63) is 16.9 Å². The normalized spacial score (nSPS) is 11.2. The van der Waals surface area contributed by atoms with Gasteiger partial charge in [0.25, 0.3) is 0 Å². The van der Waals surface area contributed by atoms with Crippen LogP contribution in [0.1, 0.15) is 19.4 Å². The maximum atomic E-state index is 8.74. The standard InChI is InChI=1S/C9H15ClN2O/c1-7(2)6-12-9(10)8(3-4-13)5-11-12/h5,7,13H,3-4,6H2,1-2H3. The largest absolute Gasteiger partial charge is 0.396 e. The molecule has 74 valence electrons. The Balaban J connectivity index is 2.74. The topological polar surface area (TPSA) is 38.0 Å². The molecular weight excluding hydrogens is 188 g/mol. The molecule has 0 radical (unpaired) electrons. The van der Waals surface area contributed by atoms with Crippen LogP contribution in [0.4, 0.5) is 0 Å². The molecule has 0 saturated heterocycles. The van der Waals surface area contributed by atoms with Gasteiger partial charge >= 0.3 is 0 Å². The van der Waals surface area contributed by atoms with Gasteiger partial charge in [-0.05, 0) is 5.92 Å². The van der Waals surface area contributed by atoms with Crippen LogP contribution in [-0.4, -0.2) is 21.5 Å². The highest BCUT2D eigenvalue weighted by Gasteiger charge is 2.08. The summed E-state index contributed by atoms with van der Waals surface area (Å²) in [6.45, 7) is 5.17. The first kappa shape index (κ1) is 10.5. The molecule has 0 atom stereocenters. The van der Waals surface area contributed by atoms with Crippen LogP contribution in [0.2, 0.25) is 5.15 Å². The van der Waals surface area contributed by atoms with Crippen LogP contribution in [-0.2, 0) is 13.0 Å². The SMILES string of the molecule is CC(C)Cn1ncc(CCO)c1Cl. The Bertz CT molecular complexity index is 271. The van der Waals surface area contributed by atoms with E-state index >= 15 is 0 Å². The number of halogens is 1. The Morgan fingerprint density at radius 1 is 1.62 bits per heavy atom. The molecule has 1 N–H and O–H groups in total. The van der Waals surface area contributed by atoms with E-state index in [1.165, 1.54) is 0 Å². The second-order valence-corrected chi connectivity index (χ2v) is 3.87. The Labute approximate surface area is 83.3 Å². The van der Waals surface area contributed by atoms with E-state index in [0.717, 1.165) is 12.1 Å². The van der Waals surface area contributed by atoms with E-state index in [-0.39, 0.29) is 6.61 Å². The molecule has 0 unspecified atom stereocenters.